The Kier molecular flexibility index (Phi) is 8.11. The van der Waals surface area contributed by atoms with Crippen LogP contribution >= 0.6 is 0 Å². The largest absolute Gasteiger partial charge is 0.450 e. The third-order valence-corrected chi connectivity index (χ3v) is 8.80. The minimum Gasteiger partial charge on any atom is -0.450 e. The van der Waals surface area contributed by atoms with E-state index in [0.29, 0.717) is 43.5 Å². The van der Waals surface area contributed by atoms with Crippen molar-refractivity contribution >= 4 is 26.9 Å². The maximum absolute atomic E-state index is 13.4. The summed E-state index contributed by atoms with van der Waals surface area (Å²) in [6.45, 7) is 3.90. The number of likely N-dealkylation sites (tertiary alicyclic amines) is 1. The normalized spacial score (nSPS) is 18.5. The SMILES string of the molecule is CCOC(=O)N1CCC(NS(=O)(=O)c2ccc(CN(C)C3CCCCC3)c3ccccc23)CC1. The third-order valence-electron chi connectivity index (χ3n) is 7.22. The second-order valence-electron chi connectivity index (χ2n) is 9.56. The number of rotatable bonds is 7. The molecule has 0 aromatic heterocycles. The minimum absolute atomic E-state index is 0.202. The number of amides is 1. The molecule has 0 atom stereocenters. The van der Waals surface area contributed by atoms with Crippen LogP contribution in [-0.2, 0) is 21.3 Å². The predicted molar refractivity (Wildman–Crippen MR) is 134 cm³/mol. The Morgan fingerprint density at radius 1 is 1.03 bits per heavy atom. The van der Waals surface area contributed by atoms with Gasteiger partial charge >= 0.3 is 6.09 Å². The van der Waals surface area contributed by atoms with E-state index in [9.17, 15) is 13.2 Å². The lowest BCUT2D eigenvalue weighted by Crippen LogP contribution is -2.46. The molecular formula is C26H37N3O4S. The lowest BCUT2D eigenvalue weighted by Gasteiger charge is -2.32. The van der Waals surface area contributed by atoms with Crippen LogP contribution in [0, 0.1) is 0 Å². The van der Waals surface area contributed by atoms with E-state index in [0.717, 1.165) is 22.9 Å². The van der Waals surface area contributed by atoms with E-state index in [1.165, 1.54) is 32.1 Å². The number of carbonyl (C=O) groups is 1. The molecule has 186 valence electrons. The van der Waals surface area contributed by atoms with Gasteiger partial charge < -0.3 is 9.64 Å². The zero-order valence-electron chi connectivity index (χ0n) is 20.3. The van der Waals surface area contributed by atoms with Crippen molar-refractivity contribution in [2.45, 2.75) is 75.4 Å². The molecule has 34 heavy (non-hydrogen) atoms. The first-order chi connectivity index (χ1) is 16.4. The van der Waals surface area contributed by atoms with Gasteiger partial charge in [-0.15, -0.1) is 0 Å². The van der Waals surface area contributed by atoms with Crippen LogP contribution in [0.25, 0.3) is 10.8 Å². The maximum Gasteiger partial charge on any atom is 0.409 e. The highest BCUT2D eigenvalue weighted by atomic mass is 32.2. The first-order valence-corrected chi connectivity index (χ1v) is 14.0. The Morgan fingerprint density at radius 2 is 1.71 bits per heavy atom. The molecular weight excluding hydrogens is 450 g/mol. The van der Waals surface area contributed by atoms with Crippen molar-refractivity contribution in [1.29, 1.82) is 0 Å². The standard InChI is InChI=1S/C26H37N3O4S/c1-3-33-26(30)29-17-15-21(16-18-29)27-34(31,32)25-14-13-20(23-11-7-8-12-24(23)25)19-28(2)22-9-5-4-6-10-22/h7-8,11-14,21-22,27H,3-6,9-10,15-19H2,1-2H3. The van der Waals surface area contributed by atoms with Crippen molar-refractivity contribution in [2.75, 3.05) is 26.7 Å². The molecule has 0 unspecified atom stereocenters. The highest BCUT2D eigenvalue weighted by Crippen LogP contribution is 2.29. The van der Waals surface area contributed by atoms with Crippen LogP contribution in [0.3, 0.4) is 0 Å². The van der Waals surface area contributed by atoms with Gasteiger partial charge in [0.15, 0.2) is 0 Å². The Hall–Kier alpha value is -2.16. The fourth-order valence-electron chi connectivity index (χ4n) is 5.30. The number of piperidine rings is 1. The molecule has 1 saturated carbocycles. The molecule has 8 heteroatoms. The number of ether oxygens (including phenoxy) is 1. The van der Waals surface area contributed by atoms with E-state index in [-0.39, 0.29) is 12.1 Å². The average molecular weight is 488 g/mol. The molecule has 0 radical (unpaired) electrons. The molecule has 7 nitrogen and oxygen atoms in total. The van der Waals surface area contributed by atoms with Crippen LogP contribution in [0.5, 0.6) is 0 Å². The molecule has 1 saturated heterocycles. The van der Waals surface area contributed by atoms with Crippen LogP contribution in [0.4, 0.5) is 4.79 Å². The van der Waals surface area contributed by atoms with Crippen molar-refractivity contribution in [3.63, 3.8) is 0 Å². The summed E-state index contributed by atoms with van der Waals surface area (Å²) < 4.78 is 34.7. The lowest BCUT2D eigenvalue weighted by atomic mass is 9.94. The highest BCUT2D eigenvalue weighted by Gasteiger charge is 2.28. The van der Waals surface area contributed by atoms with Gasteiger partial charge in [-0.25, -0.2) is 17.9 Å². The number of carbonyl (C=O) groups excluding carboxylic acids is 1. The summed E-state index contributed by atoms with van der Waals surface area (Å²) in [4.78, 5) is 16.3. The fraction of sp³-hybridized carbons (Fsp3) is 0.577. The monoisotopic (exact) mass is 487 g/mol. The Bertz CT molecular complexity index is 1090. The smallest absolute Gasteiger partial charge is 0.409 e. The van der Waals surface area contributed by atoms with Gasteiger partial charge in [0.05, 0.1) is 11.5 Å². The van der Waals surface area contributed by atoms with E-state index in [1.807, 2.05) is 30.3 Å². The topological polar surface area (TPSA) is 79.0 Å². The summed E-state index contributed by atoms with van der Waals surface area (Å²) in [5.74, 6) is 0. The van der Waals surface area contributed by atoms with Gasteiger partial charge in [-0.3, -0.25) is 4.90 Å². The van der Waals surface area contributed by atoms with Gasteiger partial charge in [0.25, 0.3) is 0 Å². The molecule has 2 fully saturated rings. The lowest BCUT2D eigenvalue weighted by molar-refractivity contribution is 0.0966. The molecule has 4 rings (SSSR count). The first-order valence-electron chi connectivity index (χ1n) is 12.5. The summed E-state index contributed by atoms with van der Waals surface area (Å²) in [5.41, 5.74) is 1.16. The molecule has 1 heterocycles. The van der Waals surface area contributed by atoms with Gasteiger partial charge in [-0.1, -0.05) is 49.6 Å². The van der Waals surface area contributed by atoms with Gasteiger partial charge in [0, 0.05) is 37.1 Å². The molecule has 1 aliphatic carbocycles. The number of hydrogen-bond acceptors (Lipinski definition) is 5. The number of nitrogens with one attached hydrogen (secondary N) is 1. The van der Waals surface area contributed by atoms with E-state index < -0.39 is 10.0 Å². The summed E-state index contributed by atoms with van der Waals surface area (Å²) in [7, 11) is -1.52. The molecule has 2 aromatic carbocycles. The number of nitrogens with zero attached hydrogens (tertiary/aromatic N) is 2. The second kappa shape index (κ2) is 11.1. The van der Waals surface area contributed by atoms with Crippen molar-refractivity contribution in [2.24, 2.45) is 0 Å². The van der Waals surface area contributed by atoms with Crippen LogP contribution < -0.4 is 4.72 Å². The summed E-state index contributed by atoms with van der Waals surface area (Å²) in [5, 5.41) is 1.75. The van der Waals surface area contributed by atoms with Crippen molar-refractivity contribution in [3.8, 4) is 0 Å². The van der Waals surface area contributed by atoms with Crippen LogP contribution in [0.1, 0.15) is 57.4 Å². The Morgan fingerprint density at radius 3 is 2.38 bits per heavy atom. The summed E-state index contributed by atoms with van der Waals surface area (Å²) in [6.07, 6.45) is 7.19. The van der Waals surface area contributed by atoms with E-state index in [2.05, 4.69) is 16.7 Å². The minimum atomic E-state index is -3.70. The van der Waals surface area contributed by atoms with Crippen molar-refractivity contribution < 1.29 is 17.9 Å². The average Bonchev–Trinajstić information content (AvgIpc) is 2.85. The fourth-order valence-corrected chi connectivity index (χ4v) is 6.82. The Labute approximate surface area is 203 Å². The van der Waals surface area contributed by atoms with Crippen molar-refractivity contribution in [3.05, 3.63) is 42.0 Å². The highest BCUT2D eigenvalue weighted by molar-refractivity contribution is 7.89. The summed E-state index contributed by atoms with van der Waals surface area (Å²) in [6, 6.07) is 11.9. The van der Waals surface area contributed by atoms with Gasteiger partial charge in [0.1, 0.15) is 0 Å². The molecule has 0 bridgehead atoms. The van der Waals surface area contributed by atoms with E-state index in [1.54, 1.807) is 17.9 Å². The summed E-state index contributed by atoms with van der Waals surface area (Å²) >= 11 is 0. The number of sulfonamides is 1. The zero-order chi connectivity index (χ0) is 24.1. The van der Waals surface area contributed by atoms with E-state index in [4.69, 9.17) is 4.74 Å². The van der Waals surface area contributed by atoms with Crippen LogP contribution in [0.2, 0.25) is 0 Å². The van der Waals surface area contributed by atoms with Crippen molar-refractivity contribution in [1.82, 2.24) is 14.5 Å². The molecule has 1 amide bonds. The van der Waals surface area contributed by atoms with Crippen LogP contribution in [-0.4, -0.2) is 63.1 Å². The molecule has 2 aliphatic rings. The van der Waals surface area contributed by atoms with Gasteiger partial charge in [-0.05, 0) is 56.7 Å². The number of benzene rings is 2. The number of hydrogen-bond donors (Lipinski definition) is 1. The predicted octanol–water partition coefficient (Wildman–Crippen LogP) is 4.50. The first kappa shape index (κ1) is 24.9. The molecule has 0 spiro atoms. The van der Waals surface area contributed by atoms with Crippen LogP contribution in [0.15, 0.2) is 41.3 Å². The molecule has 2 aromatic rings. The Balaban J connectivity index is 1.49. The van der Waals surface area contributed by atoms with E-state index >= 15 is 0 Å². The molecule has 1 N–H and O–H groups in total. The zero-order valence-corrected chi connectivity index (χ0v) is 21.1. The second-order valence-corrected chi connectivity index (χ2v) is 11.2. The quantitative estimate of drug-likeness (QED) is 0.622. The number of fused-ring (bicyclic) bond motifs is 1. The molecule has 1 aliphatic heterocycles. The van der Waals surface area contributed by atoms with Gasteiger partial charge in [0.2, 0.25) is 10.0 Å². The van der Waals surface area contributed by atoms with Gasteiger partial charge in [-0.2, -0.15) is 0 Å². The third kappa shape index (κ3) is 5.73. The maximum atomic E-state index is 13.4.